The van der Waals surface area contributed by atoms with Crippen molar-refractivity contribution in [2.45, 2.75) is 43.6 Å². The maximum absolute atomic E-state index is 14.4. The minimum Gasteiger partial charge on any atom is -0.460 e. The first-order valence-corrected chi connectivity index (χ1v) is 15.5. The van der Waals surface area contributed by atoms with Crippen molar-refractivity contribution < 1.29 is 38.1 Å². The monoisotopic (exact) mass is 637 g/mol. The third-order valence-corrected chi connectivity index (χ3v) is 8.89. The van der Waals surface area contributed by atoms with E-state index in [9.17, 15) is 29.2 Å². The van der Waals surface area contributed by atoms with Crippen LogP contribution in [0.1, 0.15) is 18.7 Å². The van der Waals surface area contributed by atoms with E-state index < -0.39 is 61.7 Å². The van der Waals surface area contributed by atoms with Gasteiger partial charge >= 0.3 is 19.4 Å². The van der Waals surface area contributed by atoms with Crippen LogP contribution in [0.25, 0.3) is 10.8 Å². The van der Waals surface area contributed by atoms with Crippen LogP contribution < -0.4 is 20.9 Å². The number of H-pyrrole nitrogens is 1. The standard InChI is InChI=1S/C31H32N3O10P/c1-3-31(27(37)26(36)28(43-31)34-17-16-25(35)32-30(34)39)19-42-45(40,44-24-15-9-13-22-12-7-8-14-23(22)24)33-20(2)29(38)41-18-21-10-5-4-6-11-21/h3-17,20,26-28,36-37H,1,18-19H2,2H3,(H,33,40)(H,32,35,39)/t20-,26+,27-,28+,31+,45?/m0/s1. The Kier molecular flexibility index (Phi) is 9.49. The van der Waals surface area contributed by atoms with Crippen LogP contribution in [0.15, 0.2) is 107 Å². The van der Waals surface area contributed by atoms with E-state index >= 15 is 0 Å². The molecule has 1 aromatic heterocycles. The zero-order chi connectivity index (χ0) is 32.2. The molecule has 2 heterocycles. The van der Waals surface area contributed by atoms with Gasteiger partial charge < -0.3 is 24.2 Å². The number of aromatic nitrogens is 2. The molecular formula is C31H32N3O10P. The first-order valence-electron chi connectivity index (χ1n) is 13.9. The molecule has 14 heteroatoms. The van der Waals surface area contributed by atoms with Gasteiger partial charge in [-0.3, -0.25) is 23.7 Å². The molecule has 0 spiro atoms. The van der Waals surface area contributed by atoms with Gasteiger partial charge in [-0.2, -0.15) is 5.09 Å². The van der Waals surface area contributed by atoms with Crippen LogP contribution in [-0.2, 0) is 30.0 Å². The number of hydrogen-bond donors (Lipinski definition) is 4. The summed E-state index contributed by atoms with van der Waals surface area (Å²) in [6, 6.07) is 21.1. The third kappa shape index (κ3) is 6.99. The molecule has 4 N–H and O–H groups in total. The van der Waals surface area contributed by atoms with Crippen LogP contribution in [0.4, 0.5) is 0 Å². The van der Waals surface area contributed by atoms with Crippen molar-refractivity contribution in [2.24, 2.45) is 0 Å². The molecule has 13 nitrogen and oxygen atoms in total. The maximum atomic E-state index is 14.4. The molecule has 45 heavy (non-hydrogen) atoms. The van der Waals surface area contributed by atoms with E-state index in [2.05, 4.69) is 16.7 Å². The van der Waals surface area contributed by atoms with Crippen molar-refractivity contribution in [3.63, 3.8) is 0 Å². The van der Waals surface area contributed by atoms with Crippen molar-refractivity contribution in [2.75, 3.05) is 6.61 Å². The molecule has 0 saturated carbocycles. The van der Waals surface area contributed by atoms with Crippen LogP contribution in [0.3, 0.4) is 0 Å². The fourth-order valence-corrected chi connectivity index (χ4v) is 6.38. The van der Waals surface area contributed by atoms with Crippen LogP contribution >= 0.6 is 7.75 Å². The highest BCUT2D eigenvalue weighted by molar-refractivity contribution is 7.52. The summed E-state index contributed by atoms with van der Waals surface area (Å²) in [5, 5.41) is 25.8. The number of ether oxygens (including phenoxy) is 2. The number of fused-ring (bicyclic) bond motifs is 1. The summed E-state index contributed by atoms with van der Waals surface area (Å²) in [4.78, 5) is 38.9. The number of aliphatic hydroxyl groups excluding tert-OH is 2. The first-order chi connectivity index (χ1) is 21.5. The number of aliphatic hydroxyl groups is 2. The summed E-state index contributed by atoms with van der Waals surface area (Å²) in [6.45, 7) is 4.38. The van der Waals surface area contributed by atoms with Gasteiger partial charge in [-0.15, -0.1) is 6.58 Å². The van der Waals surface area contributed by atoms with Crippen LogP contribution in [0.5, 0.6) is 5.75 Å². The number of aromatic amines is 1. The van der Waals surface area contributed by atoms with Gasteiger partial charge in [0.2, 0.25) is 0 Å². The average Bonchev–Trinajstić information content (AvgIpc) is 3.29. The minimum atomic E-state index is -4.50. The van der Waals surface area contributed by atoms with Crippen molar-refractivity contribution in [3.05, 3.63) is 124 Å². The Balaban J connectivity index is 1.40. The van der Waals surface area contributed by atoms with Gasteiger partial charge in [-0.05, 0) is 23.9 Å². The summed E-state index contributed by atoms with van der Waals surface area (Å²) < 4.78 is 38.3. The number of nitrogens with zero attached hydrogens (tertiary/aromatic N) is 1. The summed E-state index contributed by atoms with van der Waals surface area (Å²) in [6.07, 6.45) is -2.64. The fourth-order valence-electron chi connectivity index (χ4n) is 4.83. The van der Waals surface area contributed by atoms with Gasteiger partial charge in [0, 0.05) is 17.6 Å². The molecule has 1 aliphatic rings. The van der Waals surface area contributed by atoms with Gasteiger partial charge in [-0.1, -0.05) is 72.8 Å². The molecule has 6 atom stereocenters. The number of hydrogen-bond acceptors (Lipinski definition) is 10. The SMILES string of the molecule is C=C[C@]1(COP(=O)(N[C@@H](C)C(=O)OCc2ccccc2)Oc2cccc3ccccc23)O[C@@H](n2ccc(=O)[nH]c2=O)[C@H](O)[C@@H]1O. The van der Waals surface area contributed by atoms with E-state index in [0.717, 1.165) is 33.9 Å². The predicted molar refractivity (Wildman–Crippen MR) is 163 cm³/mol. The largest absolute Gasteiger partial charge is 0.460 e. The molecule has 0 radical (unpaired) electrons. The fraction of sp³-hybridized carbons (Fsp3) is 0.258. The molecule has 0 aliphatic carbocycles. The topological polar surface area (TPSA) is 178 Å². The number of carbonyl (C=O) groups excluding carboxylic acids is 1. The van der Waals surface area contributed by atoms with Gasteiger partial charge in [0.1, 0.15) is 36.2 Å². The molecule has 1 unspecified atom stereocenters. The van der Waals surface area contributed by atoms with Crippen LogP contribution in [0, 0.1) is 0 Å². The highest BCUT2D eigenvalue weighted by Gasteiger charge is 2.55. The lowest BCUT2D eigenvalue weighted by atomic mass is 9.96. The van der Waals surface area contributed by atoms with Crippen LogP contribution in [-0.4, -0.2) is 56.2 Å². The van der Waals surface area contributed by atoms with Gasteiger partial charge in [0.25, 0.3) is 5.56 Å². The molecule has 0 bridgehead atoms. The number of carbonyl (C=O) groups is 1. The summed E-state index contributed by atoms with van der Waals surface area (Å²) in [7, 11) is -4.50. The normalized spacial score (nSPS) is 23.2. The second-order valence-electron chi connectivity index (χ2n) is 10.4. The Morgan fingerprint density at radius 1 is 1.11 bits per heavy atom. The highest BCUT2D eigenvalue weighted by Crippen LogP contribution is 2.49. The molecule has 4 aromatic rings. The molecule has 1 fully saturated rings. The predicted octanol–water partition coefficient (Wildman–Crippen LogP) is 2.79. The second-order valence-corrected chi connectivity index (χ2v) is 12.1. The number of nitrogens with one attached hydrogen (secondary N) is 2. The third-order valence-electron chi connectivity index (χ3n) is 7.28. The molecular weight excluding hydrogens is 605 g/mol. The molecule has 5 rings (SSSR count). The van der Waals surface area contributed by atoms with Crippen molar-refractivity contribution >= 4 is 24.5 Å². The van der Waals surface area contributed by atoms with E-state index in [-0.39, 0.29) is 12.4 Å². The second kappa shape index (κ2) is 13.3. The molecule has 1 aliphatic heterocycles. The first kappa shape index (κ1) is 32.0. The minimum absolute atomic E-state index is 0.0238. The van der Waals surface area contributed by atoms with E-state index in [1.54, 1.807) is 48.5 Å². The molecule has 236 valence electrons. The summed E-state index contributed by atoms with van der Waals surface area (Å²) >= 11 is 0. The number of esters is 1. The summed E-state index contributed by atoms with van der Waals surface area (Å²) in [5.41, 5.74) is -2.72. The Bertz CT molecular complexity index is 1840. The molecule has 0 amide bonds. The Hall–Kier alpha value is -4.36. The van der Waals surface area contributed by atoms with Gasteiger partial charge in [0.05, 0.1) is 6.61 Å². The lowest BCUT2D eigenvalue weighted by molar-refractivity contribution is -0.146. The number of rotatable bonds is 12. The van der Waals surface area contributed by atoms with Crippen LogP contribution in [0.2, 0.25) is 0 Å². The van der Waals surface area contributed by atoms with Crippen molar-refractivity contribution in [3.8, 4) is 5.75 Å². The summed E-state index contributed by atoms with van der Waals surface area (Å²) in [5.74, 6) is -0.570. The Morgan fingerprint density at radius 2 is 1.82 bits per heavy atom. The quantitative estimate of drug-likeness (QED) is 0.102. The zero-order valence-electron chi connectivity index (χ0n) is 24.1. The van der Waals surface area contributed by atoms with E-state index in [4.69, 9.17) is 18.5 Å². The van der Waals surface area contributed by atoms with E-state index in [1.807, 2.05) is 24.3 Å². The lowest BCUT2D eigenvalue weighted by Crippen LogP contribution is -2.46. The smallest absolute Gasteiger partial charge is 0.459 e. The Morgan fingerprint density at radius 3 is 2.56 bits per heavy atom. The Labute approximate surface area is 257 Å². The molecule has 1 saturated heterocycles. The van der Waals surface area contributed by atoms with E-state index in [1.165, 1.54) is 6.92 Å². The number of benzene rings is 3. The maximum Gasteiger partial charge on any atom is 0.459 e. The lowest BCUT2D eigenvalue weighted by Gasteiger charge is -2.31. The zero-order valence-corrected chi connectivity index (χ0v) is 25.0. The van der Waals surface area contributed by atoms with Gasteiger partial charge in [-0.25, -0.2) is 9.36 Å². The van der Waals surface area contributed by atoms with Crippen molar-refractivity contribution in [1.82, 2.24) is 14.6 Å². The van der Waals surface area contributed by atoms with Crippen molar-refractivity contribution in [1.29, 1.82) is 0 Å². The molecule has 3 aromatic carbocycles. The van der Waals surface area contributed by atoms with E-state index in [0.29, 0.717) is 5.39 Å². The average molecular weight is 638 g/mol. The highest BCUT2D eigenvalue weighted by atomic mass is 31.2. The van der Waals surface area contributed by atoms with Gasteiger partial charge in [0.15, 0.2) is 6.23 Å².